The molecule has 1 atom stereocenters. The van der Waals surface area contributed by atoms with Crippen molar-refractivity contribution in [3.05, 3.63) is 0 Å². The summed E-state index contributed by atoms with van der Waals surface area (Å²) in [5.74, 6) is 0. The summed E-state index contributed by atoms with van der Waals surface area (Å²) < 4.78 is 0. The molecule has 0 aliphatic carbocycles. The van der Waals surface area contributed by atoms with Crippen LogP contribution in [0.15, 0.2) is 0 Å². The zero-order valence-electron chi connectivity index (χ0n) is 14.9. The number of nitrogens with one attached hydrogen (secondary N) is 1. The lowest BCUT2D eigenvalue weighted by molar-refractivity contribution is 0.114. The molecule has 0 fully saturated rings. The minimum absolute atomic E-state index is 0.237. The summed E-state index contributed by atoms with van der Waals surface area (Å²) >= 11 is 0. The van der Waals surface area contributed by atoms with Gasteiger partial charge in [-0.25, -0.2) is 0 Å². The van der Waals surface area contributed by atoms with E-state index in [1.165, 1.54) is 44.9 Å². The molecule has 0 aromatic heterocycles. The van der Waals surface area contributed by atoms with Crippen LogP contribution in [0.4, 0.5) is 0 Å². The van der Waals surface area contributed by atoms with Crippen LogP contribution in [-0.2, 0) is 0 Å². The van der Waals surface area contributed by atoms with Crippen molar-refractivity contribution in [1.29, 1.82) is 0 Å². The van der Waals surface area contributed by atoms with Crippen molar-refractivity contribution in [2.24, 2.45) is 10.8 Å². The molecule has 0 rings (SSSR count). The van der Waals surface area contributed by atoms with Gasteiger partial charge in [0.1, 0.15) is 0 Å². The van der Waals surface area contributed by atoms with E-state index >= 15 is 0 Å². The van der Waals surface area contributed by atoms with Gasteiger partial charge in [0.15, 0.2) is 0 Å². The maximum absolute atomic E-state index is 3.46. The summed E-state index contributed by atoms with van der Waals surface area (Å²) in [4.78, 5) is 0. The van der Waals surface area contributed by atoms with Gasteiger partial charge in [-0.3, -0.25) is 0 Å². The first-order valence-electron chi connectivity index (χ1n) is 8.29. The number of unbranched alkanes of at least 4 members (excludes halogenated alkanes) is 1. The first-order valence-corrected chi connectivity index (χ1v) is 8.29. The number of rotatable bonds is 10. The minimum Gasteiger partial charge on any atom is -0.315 e. The lowest BCUT2D eigenvalue weighted by Crippen LogP contribution is -2.41. The highest BCUT2D eigenvalue weighted by atomic mass is 14.9. The Morgan fingerprint density at radius 2 is 1.37 bits per heavy atom. The molecule has 0 aromatic rings. The Balaban J connectivity index is 4.71. The van der Waals surface area contributed by atoms with Crippen LogP contribution < -0.4 is 5.32 Å². The summed E-state index contributed by atoms with van der Waals surface area (Å²) in [6.45, 7) is 16.7. The fraction of sp³-hybridized carbons (Fsp3) is 1.00. The van der Waals surface area contributed by atoms with E-state index in [1.807, 2.05) is 0 Å². The molecule has 0 aliphatic rings. The zero-order valence-corrected chi connectivity index (χ0v) is 14.9. The smallest absolute Gasteiger partial charge is 0.0127 e. The summed E-state index contributed by atoms with van der Waals surface area (Å²) in [5.41, 5.74) is 1.17. The van der Waals surface area contributed by atoms with Gasteiger partial charge in [0.05, 0.1) is 0 Å². The Bertz CT molecular complexity index is 242. The van der Waals surface area contributed by atoms with Crippen LogP contribution in [0.2, 0.25) is 0 Å². The van der Waals surface area contributed by atoms with Crippen molar-refractivity contribution >= 4 is 0 Å². The van der Waals surface area contributed by atoms with E-state index in [9.17, 15) is 0 Å². The molecule has 1 nitrogen and oxygen atoms in total. The molecule has 0 amide bonds. The number of hydrogen-bond acceptors (Lipinski definition) is 1. The van der Waals surface area contributed by atoms with Gasteiger partial charge in [-0.2, -0.15) is 0 Å². The Labute approximate surface area is 122 Å². The highest BCUT2D eigenvalue weighted by molar-refractivity contribution is 4.89. The van der Waals surface area contributed by atoms with E-state index in [0.717, 1.165) is 0 Å². The second-order valence-corrected chi connectivity index (χ2v) is 8.32. The van der Waals surface area contributed by atoms with Gasteiger partial charge < -0.3 is 5.32 Å². The number of hydrogen-bond donors (Lipinski definition) is 1. The van der Waals surface area contributed by atoms with Crippen molar-refractivity contribution in [2.45, 2.75) is 99.0 Å². The molecule has 19 heavy (non-hydrogen) atoms. The van der Waals surface area contributed by atoms with Crippen LogP contribution in [0.1, 0.15) is 93.4 Å². The van der Waals surface area contributed by atoms with Crippen molar-refractivity contribution in [3.63, 3.8) is 0 Å². The highest BCUT2D eigenvalue weighted by Gasteiger charge is 2.34. The van der Waals surface area contributed by atoms with Gasteiger partial charge in [-0.1, -0.05) is 53.9 Å². The molecular weight excluding hydrogens is 230 g/mol. The van der Waals surface area contributed by atoms with E-state index in [0.29, 0.717) is 10.8 Å². The molecular formula is C18H39N. The average Bonchev–Trinajstić information content (AvgIpc) is 2.24. The zero-order chi connectivity index (χ0) is 15.2. The van der Waals surface area contributed by atoms with Crippen molar-refractivity contribution < 1.29 is 0 Å². The standard InChI is InChI=1S/C18H39N/c1-9-11-13-18(7,12-10-2)15-16(3,4)14-17(5,6)19-8/h19H,9-15H2,1-8H3. The second kappa shape index (κ2) is 7.67. The average molecular weight is 270 g/mol. The van der Waals surface area contributed by atoms with Crippen molar-refractivity contribution in [2.75, 3.05) is 7.05 Å². The van der Waals surface area contributed by atoms with Crippen molar-refractivity contribution in [3.8, 4) is 0 Å². The quantitative estimate of drug-likeness (QED) is 0.529. The molecule has 0 heterocycles. The van der Waals surface area contributed by atoms with Crippen LogP contribution in [0.25, 0.3) is 0 Å². The third kappa shape index (κ3) is 7.97. The fourth-order valence-electron chi connectivity index (χ4n) is 4.01. The maximum Gasteiger partial charge on any atom is 0.0127 e. The first kappa shape index (κ1) is 19.0. The summed E-state index contributed by atoms with van der Waals surface area (Å²) in [6, 6.07) is 0. The van der Waals surface area contributed by atoms with Crippen LogP contribution in [-0.4, -0.2) is 12.6 Å². The summed E-state index contributed by atoms with van der Waals surface area (Å²) in [5, 5.41) is 3.46. The van der Waals surface area contributed by atoms with Gasteiger partial charge >= 0.3 is 0 Å². The molecule has 1 N–H and O–H groups in total. The molecule has 0 bridgehead atoms. The van der Waals surface area contributed by atoms with Gasteiger partial charge in [0.2, 0.25) is 0 Å². The lowest BCUT2D eigenvalue weighted by atomic mass is 9.66. The molecule has 1 unspecified atom stereocenters. The third-order valence-electron chi connectivity index (χ3n) is 4.49. The summed E-state index contributed by atoms with van der Waals surface area (Å²) in [6.07, 6.45) is 9.35. The van der Waals surface area contributed by atoms with E-state index in [1.54, 1.807) is 0 Å². The van der Waals surface area contributed by atoms with Gasteiger partial charge in [0.25, 0.3) is 0 Å². The first-order chi connectivity index (χ1) is 8.60. The van der Waals surface area contributed by atoms with E-state index in [4.69, 9.17) is 0 Å². The Morgan fingerprint density at radius 3 is 1.79 bits per heavy atom. The Morgan fingerprint density at radius 1 is 0.789 bits per heavy atom. The molecule has 1 heteroatoms. The highest BCUT2D eigenvalue weighted by Crippen LogP contribution is 2.44. The topological polar surface area (TPSA) is 12.0 Å². The molecule has 0 radical (unpaired) electrons. The molecule has 116 valence electrons. The largest absolute Gasteiger partial charge is 0.315 e. The third-order valence-corrected chi connectivity index (χ3v) is 4.49. The predicted octanol–water partition coefficient (Wildman–Crippen LogP) is 5.79. The minimum atomic E-state index is 0.237. The van der Waals surface area contributed by atoms with Crippen molar-refractivity contribution in [1.82, 2.24) is 5.32 Å². The molecule has 0 saturated carbocycles. The van der Waals surface area contributed by atoms with E-state index in [2.05, 4.69) is 60.8 Å². The lowest BCUT2D eigenvalue weighted by Gasteiger charge is -2.42. The maximum atomic E-state index is 3.46. The monoisotopic (exact) mass is 269 g/mol. The summed E-state index contributed by atoms with van der Waals surface area (Å²) in [7, 11) is 2.08. The molecule has 0 aliphatic heterocycles. The van der Waals surface area contributed by atoms with Crippen LogP contribution in [0.5, 0.6) is 0 Å². The van der Waals surface area contributed by atoms with Crippen LogP contribution in [0, 0.1) is 10.8 Å². The van der Waals surface area contributed by atoms with Gasteiger partial charge in [0, 0.05) is 5.54 Å². The van der Waals surface area contributed by atoms with Crippen LogP contribution >= 0.6 is 0 Å². The van der Waals surface area contributed by atoms with Gasteiger partial charge in [-0.15, -0.1) is 0 Å². The van der Waals surface area contributed by atoms with Gasteiger partial charge in [-0.05, 0) is 57.4 Å². The molecule has 0 aromatic carbocycles. The normalized spacial score (nSPS) is 16.4. The Hall–Kier alpha value is -0.0400. The second-order valence-electron chi connectivity index (χ2n) is 8.32. The van der Waals surface area contributed by atoms with E-state index in [-0.39, 0.29) is 5.54 Å². The molecule has 0 saturated heterocycles. The molecule has 0 spiro atoms. The fourth-order valence-corrected chi connectivity index (χ4v) is 4.01. The predicted molar refractivity (Wildman–Crippen MR) is 88.7 cm³/mol. The SMILES string of the molecule is CCCCC(C)(CCC)CC(C)(C)CC(C)(C)NC. The van der Waals surface area contributed by atoms with Crippen LogP contribution in [0.3, 0.4) is 0 Å². The Kier molecular flexibility index (Phi) is 7.65. The van der Waals surface area contributed by atoms with E-state index < -0.39 is 0 Å².